The number of alkyl halides is 1. The number of methoxy groups -OCH3 is 1. The van der Waals surface area contributed by atoms with Crippen LogP contribution >= 0.6 is 0 Å². The molecular formula is C10H19FN4O. The average molecular weight is 230 g/mol. The second kappa shape index (κ2) is 5.81. The van der Waals surface area contributed by atoms with E-state index in [2.05, 4.69) is 5.10 Å². The molecule has 0 bridgehead atoms. The van der Waals surface area contributed by atoms with Crippen LogP contribution in [0.25, 0.3) is 0 Å². The van der Waals surface area contributed by atoms with E-state index in [4.69, 9.17) is 10.5 Å². The molecule has 92 valence electrons. The standard InChI is InChI=1S/C10H19FN4O/c1-14(2)4-5-15-10(8(11)6-12)9(16-3)7-13-15/h7-8H,4-6,12H2,1-3H3. The lowest BCUT2D eigenvalue weighted by molar-refractivity contribution is 0.299. The Kier molecular flexibility index (Phi) is 4.70. The van der Waals surface area contributed by atoms with Gasteiger partial charge >= 0.3 is 0 Å². The largest absolute Gasteiger partial charge is 0.493 e. The first-order valence-electron chi connectivity index (χ1n) is 5.18. The highest BCUT2D eigenvalue weighted by atomic mass is 19.1. The van der Waals surface area contributed by atoms with Gasteiger partial charge in [0.1, 0.15) is 5.69 Å². The molecule has 1 rings (SSSR count). The van der Waals surface area contributed by atoms with Crippen LogP contribution in [0.4, 0.5) is 4.39 Å². The first-order chi connectivity index (χ1) is 7.60. The Morgan fingerprint density at radius 2 is 2.31 bits per heavy atom. The molecule has 0 saturated heterocycles. The zero-order valence-electron chi connectivity index (χ0n) is 9.98. The predicted molar refractivity (Wildman–Crippen MR) is 60.2 cm³/mol. The Balaban J connectivity index is 2.86. The third kappa shape index (κ3) is 2.93. The van der Waals surface area contributed by atoms with Crippen LogP contribution in [0.15, 0.2) is 6.20 Å². The Hall–Kier alpha value is -1.14. The van der Waals surface area contributed by atoms with Crippen LogP contribution in [0.3, 0.4) is 0 Å². The maximum atomic E-state index is 13.7. The second-order valence-electron chi connectivity index (χ2n) is 3.83. The monoisotopic (exact) mass is 230 g/mol. The van der Waals surface area contributed by atoms with E-state index in [0.29, 0.717) is 18.0 Å². The topological polar surface area (TPSA) is 56.3 Å². The number of halogens is 1. The summed E-state index contributed by atoms with van der Waals surface area (Å²) in [6, 6.07) is 0. The van der Waals surface area contributed by atoms with E-state index >= 15 is 0 Å². The molecule has 0 spiro atoms. The maximum absolute atomic E-state index is 13.7. The van der Waals surface area contributed by atoms with Crippen LogP contribution < -0.4 is 10.5 Å². The number of aromatic nitrogens is 2. The van der Waals surface area contributed by atoms with Crippen molar-refractivity contribution in [2.24, 2.45) is 5.73 Å². The van der Waals surface area contributed by atoms with Crippen molar-refractivity contribution in [1.82, 2.24) is 14.7 Å². The minimum Gasteiger partial charge on any atom is -0.493 e. The smallest absolute Gasteiger partial charge is 0.163 e. The molecule has 0 aromatic carbocycles. The van der Waals surface area contributed by atoms with Crippen molar-refractivity contribution in [3.8, 4) is 5.75 Å². The highest BCUT2D eigenvalue weighted by molar-refractivity contribution is 5.27. The summed E-state index contributed by atoms with van der Waals surface area (Å²) in [5.74, 6) is 0.455. The fourth-order valence-electron chi connectivity index (χ4n) is 1.44. The second-order valence-corrected chi connectivity index (χ2v) is 3.83. The van der Waals surface area contributed by atoms with Gasteiger partial charge in [0, 0.05) is 13.1 Å². The molecule has 1 atom stereocenters. The summed E-state index contributed by atoms with van der Waals surface area (Å²) in [5.41, 5.74) is 5.75. The van der Waals surface area contributed by atoms with Gasteiger partial charge in [-0.3, -0.25) is 4.68 Å². The summed E-state index contributed by atoms with van der Waals surface area (Å²) in [6.07, 6.45) is 0.285. The summed E-state index contributed by atoms with van der Waals surface area (Å²) in [4.78, 5) is 2.01. The minimum atomic E-state index is -1.24. The van der Waals surface area contributed by atoms with Gasteiger partial charge in [0.15, 0.2) is 11.9 Å². The van der Waals surface area contributed by atoms with Crippen molar-refractivity contribution in [2.45, 2.75) is 12.7 Å². The number of ether oxygens (including phenoxy) is 1. The van der Waals surface area contributed by atoms with Gasteiger partial charge in [-0.2, -0.15) is 5.10 Å². The molecule has 1 aromatic rings. The van der Waals surface area contributed by atoms with Gasteiger partial charge in [-0.05, 0) is 14.1 Å². The normalized spacial score (nSPS) is 13.1. The fourth-order valence-corrected chi connectivity index (χ4v) is 1.44. The first kappa shape index (κ1) is 12.9. The lowest BCUT2D eigenvalue weighted by atomic mass is 10.2. The van der Waals surface area contributed by atoms with Crippen LogP contribution in [-0.2, 0) is 6.54 Å². The summed E-state index contributed by atoms with van der Waals surface area (Å²) < 4.78 is 20.3. The van der Waals surface area contributed by atoms with Crippen molar-refractivity contribution in [2.75, 3.05) is 34.3 Å². The van der Waals surface area contributed by atoms with Crippen LogP contribution in [0, 0.1) is 0 Å². The Labute approximate surface area is 95.0 Å². The number of nitrogens with zero attached hydrogens (tertiary/aromatic N) is 3. The van der Waals surface area contributed by atoms with E-state index in [1.807, 2.05) is 19.0 Å². The number of hydrogen-bond acceptors (Lipinski definition) is 4. The summed E-state index contributed by atoms with van der Waals surface area (Å²) in [7, 11) is 5.41. The average Bonchev–Trinajstić information content (AvgIpc) is 2.68. The summed E-state index contributed by atoms with van der Waals surface area (Å²) >= 11 is 0. The zero-order valence-corrected chi connectivity index (χ0v) is 9.98. The van der Waals surface area contributed by atoms with Crippen molar-refractivity contribution in [1.29, 1.82) is 0 Å². The van der Waals surface area contributed by atoms with E-state index in [1.165, 1.54) is 13.3 Å². The molecule has 1 heterocycles. The van der Waals surface area contributed by atoms with Gasteiger partial charge in [0.25, 0.3) is 0 Å². The van der Waals surface area contributed by atoms with Crippen LogP contribution in [0.2, 0.25) is 0 Å². The molecule has 16 heavy (non-hydrogen) atoms. The SMILES string of the molecule is COc1cnn(CCN(C)C)c1C(F)CN. The Morgan fingerprint density at radius 1 is 1.62 bits per heavy atom. The van der Waals surface area contributed by atoms with E-state index in [9.17, 15) is 4.39 Å². The molecule has 1 unspecified atom stereocenters. The van der Waals surface area contributed by atoms with E-state index in [1.54, 1.807) is 4.68 Å². The predicted octanol–water partition coefficient (Wildman–Crippen LogP) is 0.423. The Morgan fingerprint density at radius 3 is 2.81 bits per heavy atom. The first-order valence-corrected chi connectivity index (χ1v) is 5.18. The molecule has 0 radical (unpaired) electrons. The number of hydrogen-bond donors (Lipinski definition) is 1. The molecular weight excluding hydrogens is 211 g/mol. The van der Waals surface area contributed by atoms with Crippen molar-refractivity contribution < 1.29 is 9.13 Å². The highest BCUT2D eigenvalue weighted by Crippen LogP contribution is 2.26. The van der Waals surface area contributed by atoms with Crippen molar-refractivity contribution in [3.63, 3.8) is 0 Å². The maximum Gasteiger partial charge on any atom is 0.163 e. The van der Waals surface area contributed by atoms with Crippen LogP contribution in [-0.4, -0.2) is 49.0 Å². The third-order valence-electron chi connectivity index (χ3n) is 2.33. The molecule has 6 heteroatoms. The van der Waals surface area contributed by atoms with E-state index < -0.39 is 6.17 Å². The van der Waals surface area contributed by atoms with Crippen LogP contribution in [0.5, 0.6) is 5.75 Å². The van der Waals surface area contributed by atoms with Gasteiger partial charge in [0.2, 0.25) is 0 Å². The van der Waals surface area contributed by atoms with Gasteiger partial charge in [0.05, 0.1) is 19.9 Å². The Bertz CT molecular complexity index is 327. The van der Waals surface area contributed by atoms with Gasteiger partial charge in [-0.1, -0.05) is 0 Å². The molecule has 0 fully saturated rings. The number of rotatable bonds is 6. The minimum absolute atomic E-state index is 0.0655. The fraction of sp³-hybridized carbons (Fsp3) is 0.700. The van der Waals surface area contributed by atoms with Gasteiger partial charge < -0.3 is 15.4 Å². The lowest BCUT2D eigenvalue weighted by Crippen LogP contribution is -2.22. The zero-order chi connectivity index (χ0) is 12.1. The van der Waals surface area contributed by atoms with Crippen molar-refractivity contribution >= 4 is 0 Å². The third-order valence-corrected chi connectivity index (χ3v) is 2.33. The molecule has 1 aromatic heterocycles. The molecule has 2 N–H and O–H groups in total. The molecule has 0 aliphatic heterocycles. The van der Waals surface area contributed by atoms with Crippen LogP contribution in [0.1, 0.15) is 11.9 Å². The molecule has 0 aliphatic carbocycles. The van der Waals surface area contributed by atoms with E-state index in [-0.39, 0.29) is 6.54 Å². The molecule has 5 nitrogen and oxygen atoms in total. The quantitative estimate of drug-likeness (QED) is 0.769. The molecule has 0 saturated carbocycles. The summed E-state index contributed by atoms with van der Waals surface area (Å²) in [6.45, 7) is 1.34. The van der Waals surface area contributed by atoms with E-state index in [0.717, 1.165) is 6.54 Å². The lowest BCUT2D eigenvalue weighted by Gasteiger charge is -2.14. The molecule has 0 aliphatic rings. The molecule has 0 amide bonds. The number of likely N-dealkylation sites (N-methyl/N-ethyl adjacent to an activating group) is 1. The van der Waals surface area contributed by atoms with Gasteiger partial charge in [-0.15, -0.1) is 0 Å². The highest BCUT2D eigenvalue weighted by Gasteiger charge is 2.20. The van der Waals surface area contributed by atoms with Crippen molar-refractivity contribution in [3.05, 3.63) is 11.9 Å². The summed E-state index contributed by atoms with van der Waals surface area (Å²) in [5, 5.41) is 4.10. The number of nitrogens with two attached hydrogens (primary N) is 1. The van der Waals surface area contributed by atoms with Gasteiger partial charge in [-0.25, -0.2) is 4.39 Å².